The predicted molar refractivity (Wildman–Crippen MR) is 80.6 cm³/mol. The zero-order valence-corrected chi connectivity index (χ0v) is 11.6. The van der Waals surface area contributed by atoms with Crippen molar-refractivity contribution in [3.05, 3.63) is 28.3 Å². The van der Waals surface area contributed by atoms with Crippen LogP contribution < -0.4 is 16.6 Å². The Morgan fingerprint density at radius 1 is 1.25 bits per heavy atom. The fourth-order valence-corrected chi connectivity index (χ4v) is 2.82. The average Bonchev–Trinajstić information content (AvgIpc) is 2.96. The number of nitro benzene ring substituents is 1. The van der Waals surface area contributed by atoms with E-state index >= 15 is 0 Å². The lowest BCUT2D eigenvalue weighted by Gasteiger charge is -2.11. The largest absolute Gasteiger partial charge is 0.385 e. The fraction of sp³-hybridized carbons (Fsp3) is 0.571. The van der Waals surface area contributed by atoms with Gasteiger partial charge in [-0.25, -0.2) is 0 Å². The monoisotopic (exact) mass is 278 g/mol. The molecule has 0 aliphatic heterocycles. The van der Waals surface area contributed by atoms with Crippen molar-refractivity contribution in [1.29, 1.82) is 0 Å². The molecule has 0 amide bonds. The van der Waals surface area contributed by atoms with Gasteiger partial charge in [-0.05, 0) is 24.8 Å². The van der Waals surface area contributed by atoms with Gasteiger partial charge in [0.05, 0.1) is 10.6 Å². The van der Waals surface area contributed by atoms with Crippen LogP contribution in [0.25, 0.3) is 0 Å². The van der Waals surface area contributed by atoms with Gasteiger partial charge in [0, 0.05) is 24.4 Å². The van der Waals surface area contributed by atoms with Crippen LogP contribution in [0.4, 0.5) is 17.1 Å². The Hall–Kier alpha value is -1.82. The lowest BCUT2D eigenvalue weighted by atomic mass is 10.0. The molecule has 1 aliphatic rings. The first kappa shape index (κ1) is 14.6. The van der Waals surface area contributed by atoms with Gasteiger partial charge in [-0.3, -0.25) is 16.0 Å². The van der Waals surface area contributed by atoms with Crippen LogP contribution in [0.15, 0.2) is 18.2 Å². The van der Waals surface area contributed by atoms with Crippen molar-refractivity contribution in [2.45, 2.75) is 38.5 Å². The van der Waals surface area contributed by atoms with Gasteiger partial charge in [0.2, 0.25) is 0 Å². The Balaban J connectivity index is 1.84. The van der Waals surface area contributed by atoms with E-state index in [4.69, 9.17) is 5.84 Å². The molecule has 1 fully saturated rings. The Labute approximate surface area is 118 Å². The number of benzene rings is 1. The fourth-order valence-electron chi connectivity index (χ4n) is 2.82. The van der Waals surface area contributed by atoms with E-state index in [9.17, 15) is 10.1 Å². The number of rotatable bonds is 7. The second kappa shape index (κ2) is 7.09. The highest BCUT2D eigenvalue weighted by molar-refractivity contribution is 5.63. The van der Waals surface area contributed by atoms with E-state index in [1.54, 1.807) is 6.07 Å². The van der Waals surface area contributed by atoms with E-state index in [1.165, 1.54) is 44.2 Å². The van der Waals surface area contributed by atoms with Crippen LogP contribution in [0, 0.1) is 16.0 Å². The summed E-state index contributed by atoms with van der Waals surface area (Å²) in [7, 11) is 0. The molecule has 6 heteroatoms. The van der Waals surface area contributed by atoms with Gasteiger partial charge in [0.1, 0.15) is 0 Å². The third-order valence-corrected chi connectivity index (χ3v) is 3.89. The number of hydrogen-bond acceptors (Lipinski definition) is 5. The van der Waals surface area contributed by atoms with Crippen LogP contribution in [0.3, 0.4) is 0 Å². The molecule has 4 N–H and O–H groups in total. The summed E-state index contributed by atoms with van der Waals surface area (Å²) in [5, 5.41) is 14.1. The highest BCUT2D eigenvalue weighted by atomic mass is 16.6. The van der Waals surface area contributed by atoms with Crippen LogP contribution >= 0.6 is 0 Å². The quantitative estimate of drug-likeness (QED) is 0.308. The molecular formula is C14H22N4O2. The van der Waals surface area contributed by atoms with Crippen LogP contribution in [-0.4, -0.2) is 11.5 Å². The van der Waals surface area contributed by atoms with Crippen LogP contribution in [0.2, 0.25) is 0 Å². The van der Waals surface area contributed by atoms with E-state index < -0.39 is 4.92 Å². The number of anilines is 2. The minimum Gasteiger partial charge on any atom is -0.385 e. The van der Waals surface area contributed by atoms with Gasteiger partial charge < -0.3 is 10.7 Å². The van der Waals surface area contributed by atoms with Crippen LogP contribution in [0.5, 0.6) is 0 Å². The summed E-state index contributed by atoms with van der Waals surface area (Å²) in [5.41, 5.74) is 3.77. The first-order chi connectivity index (χ1) is 9.69. The van der Waals surface area contributed by atoms with Gasteiger partial charge in [-0.1, -0.05) is 25.7 Å². The molecule has 0 radical (unpaired) electrons. The van der Waals surface area contributed by atoms with Gasteiger partial charge in [0.25, 0.3) is 5.69 Å². The van der Waals surface area contributed by atoms with E-state index in [0.717, 1.165) is 24.6 Å². The molecule has 20 heavy (non-hydrogen) atoms. The standard InChI is InChI=1S/C14H22N4O2/c15-17-13-8-12(9-14(10-13)18(19)20)16-7-3-6-11-4-1-2-5-11/h8-11,16-17H,1-7,15H2. The smallest absolute Gasteiger partial charge is 0.273 e. The highest BCUT2D eigenvalue weighted by Crippen LogP contribution is 2.28. The average molecular weight is 278 g/mol. The molecule has 1 aromatic carbocycles. The summed E-state index contributed by atoms with van der Waals surface area (Å²) in [6.07, 6.45) is 7.79. The summed E-state index contributed by atoms with van der Waals surface area (Å²) >= 11 is 0. The molecular weight excluding hydrogens is 256 g/mol. The third kappa shape index (κ3) is 4.09. The maximum Gasteiger partial charge on any atom is 0.273 e. The van der Waals surface area contributed by atoms with Crippen LogP contribution in [-0.2, 0) is 0 Å². The molecule has 0 unspecified atom stereocenters. The number of nitrogens with one attached hydrogen (secondary N) is 2. The summed E-state index contributed by atoms with van der Waals surface area (Å²) in [6, 6.07) is 4.74. The number of nitro groups is 1. The lowest BCUT2D eigenvalue weighted by molar-refractivity contribution is -0.384. The molecule has 0 bridgehead atoms. The van der Waals surface area contributed by atoms with E-state index in [1.807, 2.05) is 0 Å². The topological polar surface area (TPSA) is 93.2 Å². The van der Waals surface area contributed by atoms with Crippen molar-refractivity contribution in [3.8, 4) is 0 Å². The Kier molecular flexibility index (Phi) is 5.17. The number of nitrogens with two attached hydrogens (primary N) is 1. The minimum atomic E-state index is -0.412. The van der Waals surface area contributed by atoms with Crippen molar-refractivity contribution >= 4 is 17.1 Å². The SMILES string of the molecule is NNc1cc(NCCCC2CCCC2)cc([N+](=O)[O-])c1. The van der Waals surface area contributed by atoms with E-state index in [-0.39, 0.29) is 5.69 Å². The molecule has 0 atom stereocenters. The molecule has 6 nitrogen and oxygen atoms in total. The molecule has 1 aliphatic carbocycles. The zero-order chi connectivity index (χ0) is 14.4. The van der Waals surface area contributed by atoms with Crippen LogP contribution in [0.1, 0.15) is 38.5 Å². The second-order valence-corrected chi connectivity index (χ2v) is 5.39. The number of nitrogen functional groups attached to an aromatic ring is 1. The number of nitrogens with zero attached hydrogens (tertiary/aromatic N) is 1. The van der Waals surface area contributed by atoms with Crippen molar-refractivity contribution < 1.29 is 4.92 Å². The summed E-state index contributed by atoms with van der Waals surface area (Å²) in [5.74, 6) is 6.20. The molecule has 0 aromatic heterocycles. The number of hydrogen-bond donors (Lipinski definition) is 3. The number of hydrazine groups is 1. The maximum atomic E-state index is 10.8. The minimum absolute atomic E-state index is 0.0405. The first-order valence-corrected chi connectivity index (χ1v) is 7.19. The highest BCUT2D eigenvalue weighted by Gasteiger charge is 2.14. The van der Waals surface area contributed by atoms with Gasteiger partial charge >= 0.3 is 0 Å². The Morgan fingerprint density at radius 2 is 1.95 bits per heavy atom. The molecule has 110 valence electrons. The van der Waals surface area contributed by atoms with E-state index in [0.29, 0.717) is 5.69 Å². The number of non-ortho nitro benzene ring substituents is 1. The molecule has 0 saturated heterocycles. The lowest BCUT2D eigenvalue weighted by Crippen LogP contribution is -2.09. The maximum absolute atomic E-state index is 10.8. The molecule has 0 heterocycles. The summed E-state index contributed by atoms with van der Waals surface area (Å²) < 4.78 is 0. The molecule has 2 rings (SSSR count). The summed E-state index contributed by atoms with van der Waals surface area (Å²) in [6.45, 7) is 0.835. The summed E-state index contributed by atoms with van der Waals surface area (Å²) in [4.78, 5) is 10.4. The Morgan fingerprint density at radius 3 is 2.60 bits per heavy atom. The zero-order valence-electron chi connectivity index (χ0n) is 11.6. The molecule has 0 spiro atoms. The van der Waals surface area contributed by atoms with Gasteiger partial charge in [-0.15, -0.1) is 0 Å². The third-order valence-electron chi connectivity index (χ3n) is 3.89. The van der Waals surface area contributed by atoms with E-state index in [2.05, 4.69) is 10.7 Å². The normalized spacial score (nSPS) is 15.2. The predicted octanol–water partition coefficient (Wildman–Crippen LogP) is 3.26. The van der Waals surface area contributed by atoms with Crippen molar-refractivity contribution in [1.82, 2.24) is 0 Å². The van der Waals surface area contributed by atoms with Gasteiger partial charge in [0.15, 0.2) is 0 Å². The van der Waals surface area contributed by atoms with Gasteiger partial charge in [-0.2, -0.15) is 0 Å². The Bertz CT molecular complexity index is 458. The molecule has 1 saturated carbocycles. The van der Waals surface area contributed by atoms with Crippen molar-refractivity contribution in [3.63, 3.8) is 0 Å². The van der Waals surface area contributed by atoms with Crippen molar-refractivity contribution in [2.75, 3.05) is 17.3 Å². The molecule has 1 aromatic rings. The first-order valence-electron chi connectivity index (χ1n) is 7.19. The van der Waals surface area contributed by atoms with Crippen molar-refractivity contribution in [2.24, 2.45) is 11.8 Å². The second-order valence-electron chi connectivity index (χ2n) is 5.39.